The third-order valence-corrected chi connectivity index (χ3v) is 10.4. The van der Waals surface area contributed by atoms with Crippen LogP contribution in [0.4, 0.5) is 9.18 Å². The lowest BCUT2D eigenvalue weighted by atomic mass is 10.0. The Labute approximate surface area is 283 Å². The number of benzene rings is 2. The van der Waals surface area contributed by atoms with Crippen LogP contribution in [0.5, 0.6) is 5.88 Å². The topological polar surface area (TPSA) is 147 Å². The number of carboxylic acid groups (broad SMARTS) is 1. The molecule has 2 aliphatic carbocycles. The van der Waals surface area contributed by atoms with Crippen LogP contribution in [0, 0.1) is 11.7 Å². The molecule has 3 N–H and O–H groups in total. The summed E-state index contributed by atoms with van der Waals surface area (Å²) in [6.45, 7) is 0.00758. The van der Waals surface area contributed by atoms with Crippen molar-refractivity contribution in [1.82, 2.24) is 20.5 Å². The van der Waals surface area contributed by atoms with Crippen molar-refractivity contribution in [3.05, 3.63) is 60.4 Å². The number of aromatic nitrogens is 1. The number of halogens is 1. The number of carbonyl (C=O) groups excluding carboxylic acids is 3. The third-order valence-electron chi connectivity index (χ3n) is 10.4. The van der Waals surface area contributed by atoms with E-state index in [0.29, 0.717) is 29.1 Å². The molecule has 0 spiro atoms. The van der Waals surface area contributed by atoms with Crippen LogP contribution in [-0.4, -0.2) is 75.2 Å². The number of carbonyl (C=O) groups is 4. The number of nitrogens with zero attached hydrogens (tertiary/aromatic N) is 2. The van der Waals surface area contributed by atoms with Crippen LogP contribution in [0.25, 0.3) is 21.7 Å². The highest BCUT2D eigenvalue weighted by molar-refractivity contribution is 6.07. The SMILES string of the molecule is O=C(N[C@H]1CCCCCC=C[C@@H]2C[C@@]2(C(=O)O)NC(=O)[C@@H]2C[C@@H](Oc3nc4ccc(F)cc4c4ccccc34)CN2C1=O)OC1CCCC1. The van der Waals surface area contributed by atoms with Crippen LogP contribution in [0.1, 0.15) is 70.6 Å². The number of pyridine rings is 1. The first kappa shape index (κ1) is 32.8. The van der Waals surface area contributed by atoms with Gasteiger partial charge in [-0.2, -0.15) is 0 Å². The molecule has 258 valence electrons. The number of ether oxygens (including phenoxy) is 2. The van der Waals surface area contributed by atoms with E-state index in [1.807, 2.05) is 36.4 Å². The maximum Gasteiger partial charge on any atom is 0.408 e. The minimum Gasteiger partial charge on any atom is -0.479 e. The van der Waals surface area contributed by atoms with Crippen molar-refractivity contribution in [2.75, 3.05) is 6.54 Å². The predicted molar refractivity (Wildman–Crippen MR) is 178 cm³/mol. The first-order valence-corrected chi connectivity index (χ1v) is 17.4. The molecule has 11 nitrogen and oxygen atoms in total. The number of hydrogen-bond acceptors (Lipinski definition) is 7. The number of aliphatic carboxylic acids is 1. The lowest BCUT2D eigenvalue weighted by Gasteiger charge is -2.29. The van der Waals surface area contributed by atoms with Crippen molar-refractivity contribution in [3.8, 4) is 5.88 Å². The van der Waals surface area contributed by atoms with Gasteiger partial charge in [-0.05, 0) is 81.0 Å². The Bertz CT molecular complexity index is 1810. The molecule has 49 heavy (non-hydrogen) atoms. The Balaban J connectivity index is 1.19. The summed E-state index contributed by atoms with van der Waals surface area (Å²) in [6, 6.07) is 9.67. The van der Waals surface area contributed by atoms with E-state index in [2.05, 4.69) is 15.6 Å². The summed E-state index contributed by atoms with van der Waals surface area (Å²) in [5.74, 6) is -2.63. The predicted octanol–water partition coefficient (Wildman–Crippen LogP) is 5.39. The molecule has 2 aromatic carbocycles. The molecule has 3 aromatic rings. The largest absolute Gasteiger partial charge is 0.479 e. The molecule has 2 saturated carbocycles. The summed E-state index contributed by atoms with van der Waals surface area (Å²) in [5, 5.41) is 17.7. The maximum atomic E-state index is 14.3. The number of amides is 3. The molecule has 1 aromatic heterocycles. The normalized spacial score (nSPS) is 27.9. The molecule has 3 heterocycles. The molecule has 0 radical (unpaired) electrons. The van der Waals surface area contributed by atoms with E-state index in [1.54, 1.807) is 6.07 Å². The van der Waals surface area contributed by atoms with Gasteiger partial charge in [0.25, 0.3) is 0 Å². The number of rotatable bonds is 5. The minimum atomic E-state index is -1.45. The molecule has 3 amide bonds. The second-order valence-corrected chi connectivity index (χ2v) is 13.8. The van der Waals surface area contributed by atoms with E-state index < -0.39 is 47.6 Å². The molecule has 0 unspecified atom stereocenters. The second kappa shape index (κ2) is 13.6. The fourth-order valence-corrected chi connectivity index (χ4v) is 7.62. The first-order valence-electron chi connectivity index (χ1n) is 17.4. The van der Waals surface area contributed by atoms with Gasteiger partial charge >= 0.3 is 12.1 Å². The van der Waals surface area contributed by atoms with Crippen LogP contribution in [0.3, 0.4) is 0 Å². The van der Waals surface area contributed by atoms with Gasteiger partial charge in [-0.3, -0.25) is 9.59 Å². The number of alkyl carbamates (subject to hydrolysis) is 1. The molecule has 12 heteroatoms. The van der Waals surface area contributed by atoms with Crippen molar-refractivity contribution in [2.24, 2.45) is 5.92 Å². The van der Waals surface area contributed by atoms with Gasteiger partial charge in [0.05, 0.1) is 12.1 Å². The zero-order valence-electron chi connectivity index (χ0n) is 27.2. The van der Waals surface area contributed by atoms with E-state index in [1.165, 1.54) is 17.0 Å². The number of carboxylic acids is 1. The van der Waals surface area contributed by atoms with Gasteiger partial charge in [-0.15, -0.1) is 0 Å². The fourth-order valence-electron chi connectivity index (χ4n) is 7.62. The molecule has 4 aliphatic rings. The van der Waals surface area contributed by atoms with Crippen molar-refractivity contribution >= 4 is 45.6 Å². The van der Waals surface area contributed by atoms with Crippen LogP contribution in [0.2, 0.25) is 0 Å². The number of nitrogens with one attached hydrogen (secondary N) is 2. The van der Waals surface area contributed by atoms with E-state index in [9.17, 15) is 28.7 Å². The van der Waals surface area contributed by atoms with Crippen molar-refractivity contribution in [1.29, 1.82) is 0 Å². The summed E-state index contributed by atoms with van der Waals surface area (Å²) < 4.78 is 26.3. The van der Waals surface area contributed by atoms with E-state index in [4.69, 9.17) is 9.47 Å². The Hall–Kier alpha value is -4.74. The van der Waals surface area contributed by atoms with Crippen LogP contribution >= 0.6 is 0 Å². The molecular formula is C37H41FN4O7. The summed E-state index contributed by atoms with van der Waals surface area (Å²) in [7, 11) is 0. The van der Waals surface area contributed by atoms with Crippen LogP contribution in [0.15, 0.2) is 54.6 Å². The van der Waals surface area contributed by atoms with Gasteiger partial charge in [0, 0.05) is 23.1 Å². The third kappa shape index (κ3) is 6.78. The molecule has 3 fully saturated rings. The molecule has 7 rings (SSSR count). The monoisotopic (exact) mass is 672 g/mol. The summed E-state index contributed by atoms with van der Waals surface area (Å²) in [5.41, 5.74) is -0.923. The molecular weight excluding hydrogens is 631 g/mol. The van der Waals surface area contributed by atoms with Gasteiger partial charge in [0.2, 0.25) is 17.7 Å². The van der Waals surface area contributed by atoms with Crippen molar-refractivity contribution in [2.45, 2.75) is 100 Å². The lowest BCUT2D eigenvalue weighted by Crippen LogP contribution is -2.56. The lowest BCUT2D eigenvalue weighted by molar-refractivity contribution is -0.145. The number of hydrogen-bond donors (Lipinski definition) is 3. The second-order valence-electron chi connectivity index (χ2n) is 13.8. The van der Waals surface area contributed by atoms with E-state index in [-0.39, 0.29) is 43.1 Å². The standard InChI is InChI=1S/C37H41FN4O7/c38-23-16-17-29-28(18-23)26-13-8-9-14-27(26)33(39-29)48-25-19-31-32(43)41-37(35(45)46)20-22(37)10-4-2-1-3-5-15-30(34(44)42(31)21-25)40-36(47)49-24-11-6-7-12-24/h4,8-10,13-14,16-18,22,24-25,30-31H,1-3,5-7,11-12,15,19-21H2,(H,40,47)(H,41,43)(H,45,46)/t22-,25-,30+,31+,37-/m1/s1. The Morgan fingerprint density at radius 1 is 0.980 bits per heavy atom. The quantitative estimate of drug-likeness (QED) is 0.242. The van der Waals surface area contributed by atoms with Gasteiger partial charge < -0.3 is 30.1 Å². The number of fused-ring (bicyclic) bond motifs is 5. The highest BCUT2D eigenvalue weighted by atomic mass is 19.1. The summed E-state index contributed by atoms with van der Waals surface area (Å²) in [6.07, 6.45) is 9.56. The first-order chi connectivity index (χ1) is 23.7. The molecule has 0 bridgehead atoms. The summed E-state index contributed by atoms with van der Waals surface area (Å²) >= 11 is 0. The van der Waals surface area contributed by atoms with Gasteiger partial charge in [-0.1, -0.05) is 43.2 Å². The minimum absolute atomic E-state index is 0.00758. The van der Waals surface area contributed by atoms with Gasteiger partial charge in [-0.25, -0.2) is 19.0 Å². The fraction of sp³-hybridized carbons (Fsp3) is 0.486. The zero-order chi connectivity index (χ0) is 34.1. The van der Waals surface area contributed by atoms with Crippen molar-refractivity contribution < 1.29 is 38.1 Å². The van der Waals surface area contributed by atoms with Crippen molar-refractivity contribution in [3.63, 3.8) is 0 Å². The Morgan fingerprint density at radius 2 is 1.76 bits per heavy atom. The smallest absolute Gasteiger partial charge is 0.408 e. The Kier molecular flexibility index (Phi) is 9.13. The van der Waals surface area contributed by atoms with Gasteiger partial charge in [0.15, 0.2) is 0 Å². The molecule has 5 atom stereocenters. The van der Waals surface area contributed by atoms with Gasteiger partial charge in [0.1, 0.15) is 35.6 Å². The van der Waals surface area contributed by atoms with Crippen LogP contribution in [-0.2, 0) is 19.1 Å². The molecule has 1 saturated heterocycles. The average Bonchev–Trinajstić information content (AvgIpc) is 3.36. The maximum absolute atomic E-state index is 14.3. The molecule has 2 aliphatic heterocycles. The zero-order valence-corrected chi connectivity index (χ0v) is 27.2. The van der Waals surface area contributed by atoms with E-state index in [0.717, 1.165) is 50.3 Å². The average molecular weight is 673 g/mol. The highest BCUT2D eigenvalue weighted by Gasteiger charge is 2.61. The summed E-state index contributed by atoms with van der Waals surface area (Å²) in [4.78, 5) is 59.9. The highest BCUT2D eigenvalue weighted by Crippen LogP contribution is 2.45. The van der Waals surface area contributed by atoms with Crippen LogP contribution < -0.4 is 15.4 Å². The van der Waals surface area contributed by atoms with E-state index >= 15 is 0 Å². The number of allylic oxidation sites excluding steroid dienone is 1. The Morgan fingerprint density at radius 3 is 2.55 bits per heavy atom.